The summed E-state index contributed by atoms with van der Waals surface area (Å²) in [5.74, 6) is 1.02. The first-order valence-corrected chi connectivity index (χ1v) is 10.4. The lowest BCUT2D eigenvalue weighted by atomic mass is 9.94. The molecule has 4 aromatic rings. The Kier molecular flexibility index (Phi) is 5.90. The van der Waals surface area contributed by atoms with Gasteiger partial charge in [0.15, 0.2) is 0 Å². The predicted molar refractivity (Wildman–Crippen MR) is 122 cm³/mol. The molecule has 8 heteroatoms. The summed E-state index contributed by atoms with van der Waals surface area (Å²) in [6.07, 6.45) is 1.82. The van der Waals surface area contributed by atoms with Gasteiger partial charge in [0.1, 0.15) is 5.69 Å². The van der Waals surface area contributed by atoms with Gasteiger partial charge in [-0.25, -0.2) is 14.6 Å². The van der Waals surface area contributed by atoms with E-state index in [0.29, 0.717) is 41.0 Å². The van der Waals surface area contributed by atoms with Crippen LogP contribution in [-0.2, 0) is 6.54 Å². The third-order valence-corrected chi connectivity index (χ3v) is 5.45. The zero-order valence-electron chi connectivity index (χ0n) is 18.3. The molecule has 0 saturated carbocycles. The quantitative estimate of drug-likeness (QED) is 0.495. The fourth-order valence-electron chi connectivity index (χ4n) is 3.33. The number of hydrogen-bond acceptors (Lipinski definition) is 7. The first kappa shape index (κ1) is 21.1. The van der Waals surface area contributed by atoms with E-state index >= 15 is 0 Å². The second-order valence-electron chi connectivity index (χ2n) is 8.08. The van der Waals surface area contributed by atoms with E-state index in [4.69, 9.17) is 16.0 Å². The Balaban J connectivity index is 1.60. The molecule has 0 fully saturated rings. The van der Waals surface area contributed by atoms with Crippen LogP contribution in [0.5, 0.6) is 0 Å². The van der Waals surface area contributed by atoms with Crippen LogP contribution in [0.15, 0.2) is 54.7 Å². The summed E-state index contributed by atoms with van der Waals surface area (Å²) in [4.78, 5) is 13.4. The van der Waals surface area contributed by atoms with E-state index in [0.717, 1.165) is 17.0 Å². The molecule has 3 aromatic heterocycles. The Morgan fingerprint density at radius 2 is 1.75 bits per heavy atom. The molecule has 4 rings (SSSR count). The number of nitriles is 1. The molecular formula is C24H24N8. The molecular weight excluding hydrogens is 400 g/mol. The van der Waals surface area contributed by atoms with Gasteiger partial charge in [-0.05, 0) is 36.2 Å². The summed E-state index contributed by atoms with van der Waals surface area (Å²) < 4.78 is 1.73. The van der Waals surface area contributed by atoms with E-state index in [2.05, 4.69) is 53.2 Å². The normalized spacial score (nSPS) is 12.0. The van der Waals surface area contributed by atoms with Crippen molar-refractivity contribution in [2.75, 3.05) is 5.73 Å². The van der Waals surface area contributed by atoms with Crippen LogP contribution in [0, 0.1) is 17.2 Å². The topological polar surface area (TPSA) is 119 Å². The molecule has 32 heavy (non-hydrogen) atoms. The number of benzene rings is 1. The van der Waals surface area contributed by atoms with Gasteiger partial charge in [-0.1, -0.05) is 44.2 Å². The standard InChI is InChI=1S/C24H24N8/c1-15(2)16(3)20-9-5-8-19(27-20)13-32-14-23(30-31-32)22-11-21(28-24(26)29-22)18-7-4-6-17(10-18)12-25/h4-11,14-16H,13H2,1-3H3,(H2,26,28,29). The van der Waals surface area contributed by atoms with Gasteiger partial charge in [-0.15, -0.1) is 5.10 Å². The number of rotatable bonds is 6. The van der Waals surface area contributed by atoms with Crippen LogP contribution in [-0.4, -0.2) is 29.9 Å². The lowest BCUT2D eigenvalue weighted by molar-refractivity contribution is 0.520. The minimum Gasteiger partial charge on any atom is -0.368 e. The van der Waals surface area contributed by atoms with Crippen LogP contribution < -0.4 is 5.73 Å². The molecule has 0 aliphatic carbocycles. The molecule has 2 N–H and O–H groups in total. The predicted octanol–water partition coefficient (Wildman–Crippen LogP) is 4.06. The number of nitrogen functional groups attached to an aromatic ring is 1. The summed E-state index contributed by atoms with van der Waals surface area (Å²) in [6.45, 7) is 7.08. The van der Waals surface area contributed by atoms with Crippen molar-refractivity contribution in [3.8, 4) is 28.7 Å². The van der Waals surface area contributed by atoms with Crippen molar-refractivity contribution in [2.45, 2.75) is 33.2 Å². The van der Waals surface area contributed by atoms with E-state index in [-0.39, 0.29) is 5.95 Å². The zero-order valence-corrected chi connectivity index (χ0v) is 18.3. The van der Waals surface area contributed by atoms with Gasteiger partial charge in [0.25, 0.3) is 0 Å². The second-order valence-corrected chi connectivity index (χ2v) is 8.08. The molecule has 0 amide bonds. The van der Waals surface area contributed by atoms with Gasteiger partial charge in [-0.2, -0.15) is 5.26 Å². The molecule has 0 radical (unpaired) electrons. The molecule has 8 nitrogen and oxygen atoms in total. The lowest BCUT2D eigenvalue weighted by Crippen LogP contribution is -2.08. The Labute approximate surface area is 186 Å². The smallest absolute Gasteiger partial charge is 0.221 e. The minimum absolute atomic E-state index is 0.131. The zero-order chi connectivity index (χ0) is 22.7. The molecule has 0 spiro atoms. The van der Waals surface area contributed by atoms with Crippen LogP contribution in [0.4, 0.5) is 5.95 Å². The second kappa shape index (κ2) is 8.94. The minimum atomic E-state index is 0.131. The molecule has 1 atom stereocenters. The van der Waals surface area contributed by atoms with Crippen molar-refractivity contribution >= 4 is 5.95 Å². The molecule has 3 heterocycles. The number of anilines is 1. The van der Waals surface area contributed by atoms with Gasteiger partial charge >= 0.3 is 0 Å². The molecule has 160 valence electrons. The van der Waals surface area contributed by atoms with Crippen LogP contribution in [0.1, 0.15) is 43.6 Å². The Morgan fingerprint density at radius 1 is 0.969 bits per heavy atom. The maximum atomic E-state index is 9.16. The summed E-state index contributed by atoms with van der Waals surface area (Å²) in [5.41, 5.74) is 11.1. The van der Waals surface area contributed by atoms with E-state index < -0.39 is 0 Å². The maximum absolute atomic E-state index is 9.16. The molecule has 1 aromatic carbocycles. The van der Waals surface area contributed by atoms with Crippen LogP contribution in [0.3, 0.4) is 0 Å². The van der Waals surface area contributed by atoms with Gasteiger partial charge in [-0.3, -0.25) is 4.98 Å². The summed E-state index contributed by atoms with van der Waals surface area (Å²) in [5, 5.41) is 17.7. The van der Waals surface area contributed by atoms with Crippen molar-refractivity contribution in [3.05, 3.63) is 71.7 Å². The first-order valence-electron chi connectivity index (χ1n) is 10.4. The van der Waals surface area contributed by atoms with Crippen LogP contribution in [0.25, 0.3) is 22.6 Å². The SMILES string of the molecule is CC(C)C(C)c1cccc(Cn2cc(-c3cc(-c4cccc(C#N)c4)nc(N)n3)nn2)n1. The van der Waals surface area contributed by atoms with E-state index in [1.54, 1.807) is 22.9 Å². The van der Waals surface area contributed by atoms with Gasteiger partial charge in [0, 0.05) is 17.2 Å². The number of aromatic nitrogens is 6. The van der Waals surface area contributed by atoms with Crippen molar-refractivity contribution in [3.63, 3.8) is 0 Å². The van der Waals surface area contributed by atoms with Gasteiger partial charge in [0.05, 0.1) is 41.5 Å². The van der Waals surface area contributed by atoms with Crippen molar-refractivity contribution < 1.29 is 0 Å². The van der Waals surface area contributed by atoms with E-state index in [1.165, 1.54) is 0 Å². The Hall–Kier alpha value is -4.12. The third-order valence-electron chi connectivity index (χ3n) is 5.45. The van der Waals surface area contributed by atoms with Crippen molar-refractivity contribution in [2.24, 2.45) is 5.92 Å². The number of nitrogens with zero attached hydrogens (tertiary/aromatic N) is 7. The summed E-state index contributed by atoms with van der Waals surface area (Å²) in [6, 6.07) is 17.2. The summed E-state index contributed by atoms with van der Waals surface area (Å²) >= 11 is 0. The molecule has 0 aliphatic rings. The van der Waals surface area contributed by atoms with E-state index in [1.807, 2.05) is 30.5 Å². The lowest BCUT2D eigenvalue weighted by Gasteiger charge is -2.15. The molecule has 0 bridgehead atoms. The fourth-order valence-corrected chi connectivity index (χ4v) is 3.33. The van der Waals surface area contributed by atoms with E-state index in [9.17, 15) is 0 Å². The first-order chi connectivity index (χ1) is 15.4. The highest BCUT2D eigenvalue weighted by atomic mass is 15.4. The largest absolute Gasteiger partial charge is 0.368 e. The molecule has 0 aliphatic heterocycles. The van der Waals surface area contributed by atoms with Gasteiger partial charge < -0.3 is 5.73 Å². The molecule has 0 saturated heterocycles. The number of nitrogens with two attached hydrogens (primary N) is 1. The number of hydrogen-bond donors (Lipinski definition) is 1. The fraction of sp³-hybridized carbons (Fsp3) is 0.250. The Bertz CT molecular complexity index is 1290. The highest BCUT2D eigenvalue weighted by Crippen LogP contribution is 2.25. The number of pyridine rings is 1. The highest BCUT2D eigenvalue weighted by molar-refractivity contribution is 5.68. The van der Waals surface area contributed by atoms with Crippen LogP contribution in [0.2, 0.25) is 0 Å². The van der Waals surface area contributed by atoms with Crippen LogP contribution >= 0.6 is 0 Å². The average molecular weight is 425 g/mol. The van der Waals surface area contributed by atoms with Crippen molar-refractivity contribution in [1.29, 1.82) is 5.26 Å². The average Bonchev–Trinajstić information content (AvgIpc) is 3.27. The monoisotopic (exact) mass is 424 g/mol. The highest BCUT2D eigenvalue weighted by Gasteiger charge is 2.14. The van der Waals surface area contributed by atoms with Gasteiger partial charge in [0.2, 0.25) is 5.95 Å². The maximum Gasteiger partial charge on any atom is 0.221 e. The molecule has 1 unspecified atom stereocenters. The third kappa shape index (κ3) is 4.62. The van der Waals surface area contributed by atoms with Crippen molar-refractivity contribution in [1.82, 2.24) is 29.9 Å². The summed E-state index contributed by atoms with van der Waals surface area (Å²) in [7, 11) is 0. The Morgan fingerprint density at radius 3 is 2.53 bits per heavy atom.